The number of guanidine groups is 1. The number of rotatable bonds is 4. The molecule has 0 amide bonds. The molecule has 0 bridgehead atoms. The molecule has 0 saturated carbocycles. The molecule has 4 nitrogen and oxygen atoms in total. The third-order valence-corrected chi connectivity index (χ3v) is 2.74. The Morgan fingerprint density at radius 1 is 1.44 bits per heavy atom. The Morgan fingerprint density at radius 3 is 3.06 bits per heavy atom. The summed E-state index contributed by atoms with van der Waals surface area (Å²) < 4.78 is 5.19. The minimum Gasteiger partial charge on any atom is -0.497 e. The monoisotopic (exact) mass is 361 g/mol. The van der Waals surface area contributed by atoms with Gasteiger partial charge in [0.15, 0.2) is 5.96 Å². The Kier molecular flexibility index (Phi) is 6.85. The second-order valence-electron chi connectivity index (χ2n) is 4.04. The molecule has 100 valence electrons. The molecule has 0 aliphatic carbocycles. The van der Waals surface area contributed by atoms with E-state index in [1.165, 1.54) is 5.56 Å². The fourth-order valence-electron chi connectivity index (χ4n) is 1.80. The number of ether oxygens (including phenoxy) is 1. The molecule has 0 aromatic heterocycles. The van der Waals surface area contributed by atoms with Crippen LogP contribution in [0.1, 0.15) is 12.0 Å². The molecule has 0 spiro atoms. The lowest BCUT2D eigenvalue weighted by molar-refractivity contribution is 0.414. The molecule has 1 heterocycles. The summed E-state index contributed by atoms with van der Waals surface area (Å²) in [5.41, 5.74) is 1.27. The van der Waals surface area contributed by atoms with Crippen molar-refractivity contribution in [3.05, 3.63) is 29.8 Å². The number of halogens is 1. The maximum atomic E-state index is 5.19. The second-order valence-corrected chi connectivity index (χ2v) is 4.04. The van der Waals surface area contributed by atoms with Gasteiger partial charge in [-0.25, -0.2) is 0 Å². The molecular weight excluding hydrogens is 341 g/mol. The standard InChI is InChI=1S/C13H19N3O.HI/c1-17-12-5-2-4-11(10-12)6-9-16-13-14-7-3-8-15-13;/h2,4-5,10H,3,6-9H2,1H3,(H2,14,15,16);1H. The first-order valence-corrected chi connectivity index (χ1v) is 6.03. The predicted molar refractivity (Wildman–Crippen MR) is 85.0 cm³/mol. The van der Waals surface area contributed by atoms with E-state index in [0.717, 1.165) is 44.2 Å². The highest BCUT2D eigenvalue weighted by atomic mass is 127. The third-order valence-electron chi connectivity index (χ3n) is 2.74. The molecule has 5 heteroatoms. The van der Waals surface area contributed by atoms with Crippen LogP contribution < -0.4 is 15.4 Å². The first kappa shape index (κ1) is 15.1. The first-order chi connectivity index (χ1) is 8.38. The number of hydrogen-bond acceptors (Lipinski definition) is 4. The van der Waals surface area contributed by atoms with Crippen molar-refractivity contribution in [3.8, 4) is 5.75 Å². The van der Waals surface area contributed by atoms with Gasteiger partial charge in [0, 0.05) is 19.6 Å². The maximum Gasteiger partial charge on any atom is 0.191 e. The number of benzene rings is 1. The lowest BCUT2D eigenvalue weighted by Crippen LogP contribution is -2.41. The van der Waals surface area contributed by atoms with Crippen molar-refractivity contribution in [1.82, 2.24) is 10.6 Å². The van der Waals surface area contributed by atoms with E-state index in [-0.39, 0.29) is 24.0 Å². The van der Waals surface area contributed by atoms with Crippen molar-refractivity contribution in [1.29, 1.82) is 0 Å². The topological polar surface area (TPSA) is 45.6 Å². The van der Waals surface area contributed by atoms with Gasteiger partial charge in [0.2, 0.25) is 0 Å². The summed E-state index contributed by atoms with van der Waals surface area (Å²) in [6.07, 6.45) is 2.10. The molecular formula is C13H20IN3O. The van der Waals surface area contributed by atoms with Gasteiger partial charge < -0.3 is 15.4 Å². The summed E-state index contributed by atoms with van der Waals surface area (Å²) in [5, 5.41) is 6.55. The van der Waals surface area contributed by atoms with Gasteiger partial charge in [-0.1, -0.05) is 12.1 Å². The van der Waals surface area contributed by atoms with Crippen LogP contribution in [0.4, 0.5) is 0 Å². The van der Waals surface area contributed by atoms with Gasteiger partial charge in [-0.2, -0.15) is 0 Å². The van der Waals surface area contributed by atoms with Crippen LogP contribution in [0.5, 0.6) is 5.75 Å². The summed E-state index contributed by atoms with van der Waals surface area (Å²) >= 11 is 0. The van der Waals surface area contributed by atoms with Gasteiger partial charge in [-0.3, -0.25) is 4.99 Å². The van der Waals surface area contributed by atoms with E-state index in [4.69, 9.17) is 4.74 Å². The summed E-state index contributed by atoms with van der Waals surface area (Å²) in [6.45, 7) is 2.83. The molecule has 1 aromatic carbocycles. The van der Waals surface area contributed by atoms with Crippen LogP contribution in [0.15, 0.2) is 29.3 Å². The van der Waals surface area contributed by atoms with Crippen LogP contribution in [-0.2, 0) is 6.42 Å². The molecule has 0 radical (unpaired) electrons. The van der Waals surface area contributed by atoms with E-state index >= 15 is 0 Å². The quantitative estimate of drug-likeness (QED) is 0.804. The van der Waals surface area contributed by atoms with Crippen molar-refractivity contribution in [2.75, 3.05) is 26.7 Å². The fraction of sp³-hybridized carbons (Fsp3) is 0.462. The Bertz CT molecular complexity index is 396. The predicted octanol–water partition coefficient (Wildman–Crippen LogP) is 1.79. The molecule has 18 heavy (non-hydrogen) atoms. The Hall–Kier alpha value is -0.980. The molecule has 0 fully saturated rings. The van der Waals surface area contributed by atoms with Crippen molar-refractivity contribution in [2.45, 2.75) is 12.8 Å². The van der Waals surface area contributed by atoms with Crippen LogP contribution in [0.2, 0.25) is 0 Å². The maximum absolute atomic E-state index is 5.19. The van der Waals surface area contributed by atoms with Gasteiger partial charge in [0.1, 0.15) is 5.75 Å². The van der Waals surface area contributed by atoms with Crippen LogP contribution in [0.25, 0.3) is 0 Å². The smallest absolute Gasteiger partial charge is 0.191 e. The number of aliphatic imine (C=N–C) groups is 1. The van der Waals surface area contributed by atoms with Crippen molar-refractivity contribution in [3.63, 3.8) is 0 Å². The van der Waals surface area contributed by atoms with Crippen molar-refractivity contribution >= 4 is 29.9 Å². The number of nitrogens with one attached hydrogen (secondary N) is 2. The highest BCUT2D eigenvalue weighted by Crippen LogP contribution is 2.12. The minimum atomic E-state index is 0. The van der Waals surface area contributed by atoms with Crippen molar-refractivity contribution in [2.24, 2.45) is 4.99 Å². The Labute approximate surface area is 125 Å². The summed E-state index contributed by atoms with van der Waals surface area (Å²) in [5.74, 6) is 1.84. The van der Waals surface area contributed by atoms with Crippen molar-refractivity contribution < 1.29 is 4.74 Å². The second kappa shape index (κ2) is 8.18. The summed E-state index contributed by atoms with van der Waals surface area (Å²) in [4.78, 5) is 4.36. The lowest BCUT2D eigenvalue weighted by atomic mass is 10.1. The lowest BCUT2D eigenvalue weighted by Gasteiger charge is -2.15. The van der Waals surface area contributed by atoms with Crippen LogP contribution in [0.3, 0.4) is 0 Å². The van der Waals surface area contributed by atoms with E-state index in [1.54, 1.807) is 7.11 Å². The van der Waals surface area contributed by atoms with Crippen LogP contribution in [0, 0.1) is 0 Å². The van der Waals surface area contributed by atoms with Gasteiger partial charge >= 0.3 is 0 Å². The van der Waals surface area contributed by atoms with Crippen LogP contribution in [-0.4, -0.2) is 32.7 Å². The molecule has 2 rings (SSSR count). The zero-order chi connectivity index (χ0) is 11.9. The van der Waals surface area contributed by atoms with E-state index in [2.05, 4.69) is 27.8 Å². The normalized spacial score (nSPS) is 13.9. The zero-order valence-corrected chi connectivity index (χ0v) is 12.9. The third kappa shape index (κ3) is 4.72. The first-order valence-electron chi connectivity index (χ1n) is 6.03. The zero-order valence-electron chi connectivity index (χ0n) is 10.6. The number of nitrogens with zero attached hydrogens (tertiary/aromatic N) is 1. The molecule has 0 unspecified atom stereocenters. The van der Waals surface area contributed by atoms with Crippen LogP contribution >= 0.6 is 24.0 Å². The molecule has 1 aliphatic rings. The minimum absolute atomic E-state index is 0. The average molecular weight is 361 g/mol. The highest BCUT2D eigenvalue weighted by Gasteiger charge is 2.02. The van der Waals surface area contributed by atoms with E-state index < -0.39 is 0 Å². The van der Waals surface area contributed by atoms with Gasteiger partial charge in [-0.05, 0) is 30.5 Å². The molecule has 0 atom stereocenters. The van der Waals surface area contributed by atoms with E-state index in [1.807, 2.05) is 12.1 Å². The fourth-order valence-corrected chi connectivity index (χ4v) is 1.80. The average Bonchev–Trinajstić information content (AvgIpc) is 2.40. The SMILES string of the molecule is COc1cccc(CCNC2=NCCCN2)c1.I. The molecule has 1 aromatic rings. The summed E-state index contributed by atoms with van der Waals surface area (Å²) in [6, 6.07) is 8.16. The molecule has 0 saturated heterocycles. The number of methoxy groups -OCH3 is 1. The summed E-state index contributed by atoms with van der Waals surface area (Å²) in [7, 11) is 1.69. The molecule has 1 aliphatic heterocycles. The van der Waals surface area contributed by atoms with E-state index in [9.17, 15) is 0 Å². The Balaban J connectivity index is 0.00000162. The van der Waals surface area contributed by atoms with Gasteiger partial charge in [0.25, 0.3) is 0 Å². The highest BCUT2D eigenvalue weighted by molar-refractivity contribution is 14.0. The number of hydrogen-bond donors (Lipinski definition) is 2. The van der Waals surface area contributed by atoms with Gasteiger partial charge in [0.05, 0.1) is 7.11 Å². The largest absolute Gasteiger partial charge is 0.497 e. The van der Waals surface area contributed by atoms with Gasteiger partial charge in [-0.15, -0.1) is 24.0 Å². The molecule has 2 N–H and O–H groups in total. The Morgan fingerprint density at radius 2 is 2.33 bits per heavy atom. The van der Waals surface area contributed by atoms with E-state index in [0.29, 0.717) is 0 Å².